The molecule has 0 aromatic heterocycles. The Morgan fingerprint density at radius 1 is 0.212 bits per heavy atom. The summed E-state index contributed by atoms with van der Waals surface area (Å²) in [5, 5.41) is 59.5. The Bertz CT molecular complexity index is 4140. The maximum Gasteiger partial charge on any atom is 0.219 e. The fourth-order valence-electron chi connectivity index (χ4n) is 17.3. The average molecular weight is 1860 g/mol. The van der Waals surface area contributed by atoms with Crippen LogP contribution >= 0.6 is 0 Å². The minimum absolute atomic E-state index is 0.118. The van der Waals surface area contributed by atoms with E-state index in [1.165, 1.54) is 77.0 Å². The summed E-state index contributed by atoms with van der Waals surface area (Å²) >= 11 is 0. The Balaban J connectivity index is 0.712. The van der Waals surface area contributed by atoms with E-state index in [2.05, 4.69) is 109 Å². The molecule has 5 N–H and O–H groups in total. The molecule has 20 nitrogen and oxygen atoms in total. The van der Waals surface area contributed by atoms with Gasteiger partial charge in [0.15, 0.2) is 0 Å². The van der Waals surface area contributed by atoms with Gasteiger partial charge in [-0.2, -0.15) is 21.0 Å². The molecule has 0 fully saturated rings. The third-order valence-corrected chi connectivity index (χ3v) is 25.5. The Labute approximate surface area is 821 Å². The molecule has 0 saturated heterocycles. The summed E-state index contributed by atoms with van der Waals surface area (Å²) < 4.78 is 24.1. The van der Waals surface area contributed by atoms with Crippen LogP contribution in [0.3, 0.4) is 0 Å². The van der Waals surface area contributed by atoms with Crippen molar-refractivity contribution in [3.05, 3.63) is 216 Å². The van der Waals surface area contributed by atoms with Crippen molar-refractivity contribution in [2.45, 2.75) is 276 Å². The van der Waals surface area contributed by atoms with Crippen molar-refractivity contribution in [3.63, 3.8) is 0 Å². The first-order valence-corrected chi connectivity index (χ1v) is 52.2. The Hall–Kier alpha value is -11.4. The van der Waals surface area contributed by atoms with E-state index in [0.717, 1.165) is 293 Å². The lowest BCUT2D eigenvalue weighted by Gasteiger charge is -2.27. The number of nitrogens with one attached hydrogen (secondary N) is 4. The average Bonchev–Trinajstić information content (AvgIpc) is 0.867. The van der Waals surface area contributed by atoms with Gasteiger partial charge in [-0.1, -0.05) is 251 Å². The van der Waals surface area contributed by atoms with E-state index in [4.69, 9.17) is 40.0 Å². The van der Waals surface area contributed by atoms with E-state index >= 15 is 0 Å². The third kappa shape index (κ3) is 50.5. The number of amides is 4. The molecule has 0 unspecified atom stereocenters. The van der Waals surface area contributed by atoms with Crippen LogP contribution < -0.4 is 40.2 Å². The van der Waals surface area contributed by atoms with Crippen LogP contribution in [0.15, 0.2) is 194 Å². The van der Waals surface area contributed by atoms with Crippen LogP contribution in [0.4, 0.5) is 0 Å². The second-order valence-corrected chi connectivity index (χ2v) is 36.7. The van der Waals surface area contributed by atoms with Gasteiger partial charge in [-0.25, -0.2) is 0 Å². The summed E-state index contributed by atoms with van der Waals surface area (Å²) in [7, 11) is 0. The number of nitrogens with zero attached hydrogens (tertiary/aromatic N) is 7. The number of unbranched alkanes of at least 4 members (excludes halogenated alkanes) is 28. The number of hydrogen-bond donors (Lipinski definition) is 5. The van der Waals surface area contributed by atoms with Crippen LogP contribution in [0, 0.1) is 45.3 Å². The summed E-state index contributed by atoms with van der Waals surface area (Å²) in [5.74, 6) is 3.95. The number of benzene rings is 8. The van der Waals surface area contributed by atoms with Crippen molar-refractivity contribution in [1.82, 2.24) is 36.0 Å². The topological polar surface area (TPSA) is 278 Å². The normalized spacial score (nSPS) is 11.1. The number of hydrogen-bond acceptors (Lipinski definition) is 16. The monoisotopic (exact) mass is 1860 g/mol. The number of nitriles is 4. The van der Waals surface area contributed by atoms with Crippen molar-refractivity contribution in [1.29, 1.82) is 21.0 Å². The molecular formula is C117H159N11O9. The van der Waals surface area contributed by atoms with E-state index in [1.807, 2.05) is 146 Å². The summed E-state index contributed by atoms with van der Waals surface area (Å²) in [6.07, 6.45) is 43.1. The predicted octanol–water partition coefficient (Wildman–Crippen LogP) is 24.6. The predicted molar refractivity (Wildman–Crippen MR) is 555 cm³/mol. The molecule has 8 aromatic carbocycles. The highest BCUT2D eigenvalue weighted by atomic mass is 16.5. The Morgan fingerprint density at radius 2 is 0.372 bits per heavy atom. The lowest BCUT2D eigenvalue weighted by atomic mass is 10.0. The summed E-state index contributed by atoms with van der Waals surface area (Å²) in [6.45, 7) is 13.1. The van der Waals surface area contributed by atoms with E-state index < -0.39 is 0 Å². The highest BCUT2D eigenvalue weighted by molar-refractivity contribution is 5.77. The lowest BCUT2D eigenvalue weighted by molar-refractivity contribution is -0.122. The van der Waals surface area contributed by atoms with Gasteiger partial charge in [0.05, 0.1) is 73.0 Å². The molecule has 0 aliphatic rings. The fraction of sp³-hybridized carbons (Fsp3) is 0.521. The van der Waals surface area contributed by atoms with Gasteiger partial charge in [0.1, 0.15) is 23.0 Å². The first-order chi connectivity index (χ1) is 67.4. The molecule has 4 amide bonds. The van der Waals surface area contributed by atoms with Crippen LogP contribution in [-0.4, -0.2) is 162 Å². The van der Waals surface area contributed by atoms with Crippen LogP contribution in [0.5, 0.6) is 23.0 Å². The van der Waals surface area contributed by atoms with Gasteiger partial charge >= 0.3 is 0 Å². The van der Waals surface area contributed by atoms with Gasteiger partial charge in [0.2, 0.25) is 23.6 Å². The number of carbonyl (C=O) groups excluding carboxylic acids is 4. The van der Waals surface area contributed by atoms with Crippen molar-refractivity contribution in [2.75, 3.05) is 118 Å². The molecular weight excluding hydrogens is 1700 g/mol. The smallest absolute Gasteiger partial charge is 0.219 e. The highest BCUT2D eigenvalue weighted by Gasteiger charge is 2.16. The zero-order chi connectivity index (χ0) is 96.5. The molecule has 8 rings (SSSR count). The Kier molecular flexibility index (Phi) is 58.3. The minimum Gasteiger partial charge on any atom is -0.494 e. The molecule has 0 atom stereocenters. The molecule has 0 bridgehead atoms. The van der Waals surface area contributed by atoms with E-state index in [0.29, 0.717) is 107 Å². The van der Waals surface area contributed by atoms with Crippen molar-refractivity contribution >= 4 is 23.6 Å². The number of aliphatic hydroxyl groups excluding tert-OH is 1. The standard InChI is InChI=1S/C117H159N11O9/c118-94-98-44-52-102(53-45-98)106-60-68-110(69-61-106)134-90-29-21-13-5-1-9-17-25-40-114(130)122-76-33-80-126(81-34-77-123-115(131)41-26-18-10-2-6-14-22-30-91-135-111-70-62-107(63-71-111)103-54-46-99(95-119)47-55-103)84-37-86-128(88-39-89-129)87-38-85-127(82-35-78-124-116(132)42-27-19-11-3-7-15-23-31-92-136-112-72-64-108(65-73-112)104-56-48-100(96-120)49-57-104)83-36-79-125-117(133)43-28-20-12-4-8-16-24-32-93-137-113-74-66-109(67-75-113)105-58-50-101(97-121)51-59-105/h44-75,129H,1-43,76-93H2,(H,122,130)(H,123,131)(H,124,132)(H,125,133). The molecule has 0 saturated carbocycles. The molecule has 0 aliphatic carbocycles. The van der Waals surface area contributed by atoms with Crippen LogP contribution in [0.25, 0.3) is 44.5 Å². The molecule has 0 spiro atoms. The van der Waals surface area contributed by atoms with E-state index in [1.54, 1.807) is 0 Å². The summed E-state index contributed by atoms with van der Waals surface area (Å²) in [5.41, 5.74) is 11.3. The van der Waals surface area contributed by atoms with Crippen molar-refractivity contribution in [2.24, 2.45) is 0 Å². The summed E-state index contributed by atoms with van der Waals surface area (Å²) in [6, 6.07) is 71.7. The van der Waals surface area contributed by atoms with E-state index in [-0.39, 0.29) is 30.2 Å². The molecule has 0 radical (unpaired) electrons. The van der Waals surface area contributed by atoms with E-state index in [9.17, 15) is 24.3 Å². The number of rotatable bonds is 79. The number of aliphatic hydroxyl groups is 1. The maximum absolute atomic E-state index is 13.1. The fourth-order valence-corrected chi connectivity index (χ4v) is 17.3. The van der Waals surface area contributed by atoms with Gasteiger partial charge < -0.3 is 60.0 Å². The molecule has 736 valence electrons. The van der Waals surface area contributed by atoms with Gasteiger partial charge in [-0.3, -0.25) is 19.2 Å². The molecule has 0 heterocycles. The third-order valence-electron chi connectivity index (χ3n) is 25.5. The van der Waals surface area contributed by atoms with Crippen molar-refractivity contribution in [3.8, 4) is 91.8 Å². The zero-order valence-corrected chi connectivity index (χ0v) is 82.5. The van der Waals surface area contributed by atoms with Crippen molar-refractivity contribution < 1.29 is 43.2 Å². The Morgan fingerprint density at radius 3 is 0.555 bits per heavy atom. The maximum atomic E-state index is 13.1. The highest BCUT2D eigenvalue weighted by Crippen LogP contribution is 2.29. The van der Waals surface area contributed by atoms with Crippen LogP contribution in [0.1, 0.15) is 298 Å². The minimum atomic E-state index is 0.118. The lowest BCUT2D eigenvalue weighted by Crippen LogP contribution is -2.37. The largest absolute Gasteiger partial charge is 0.494 e. The van der Waals surface area contributed by atoms with Crippen LogP contribution in [0.2, 0.25) is 0 Å². The second-order valence-electron chi connectivity index (χ2n) is 36.7. The second kappa shape index (κ2) is 72.0. The van der Waals surface area contributed by atoms with Gasteiger partial charge in [-0.05, 0) is 290 Å². The number of carbonyl (C=O) groups is 4. The quantitative estimate of drug-likeness (QED) is 0.0222. The summed E-state index contributed by atoms with van der Waals surface area (Å²) in [4.78, 5) is 60.0. The molecule has 0 aliphatic heterocycles. The molecule has 137 heavy (non-hydrogen) atoms. The molecule has 8 aromatic rings. The zero-order valence-electron chi connectivity index (χ0n) is 82.5. The first kappa shape index (κ1) is 111. The SMILES string of the molecule is N#Cc1ccc(-c2ccc(OCCCCCCCCCCC(=O)NCCCN(CCCNC(=O)CCCCCCCCCCOc3ccc(-c4ccc(C#N)cc4)cc3)CCCN(CCCO)CCCN(CCCNC(=O)CCCCCCCCCCOc3ccc(-c4ccc(C#N)cc4)cc3)CCCNC(=O)CCCCCCCCCCOc3ccc(-c4ccc(C#N)cc4)cc3)cc2)cc1. The first-order valence-electron chi connectivity index (χ1n) is 52.2. The van der Waals surface area contributed by atoms with Crippen LogP contribution in [-0.2, 0) is 19.2 Å². The number of ether oxygens (including phenoxy) is 4. The van der Waals surface area contributed by atoms with Gasteiger partial charge in [-0.15, -0.1) is 0 Å². The molecule has 20 heteroatoms. The van der Waals surface area contributed by atoms with Gasteiger partial charge in [0, 0.05) is 65.0 Å². The van der Waals surface area contributed by atoms with Gasteiger partial charge in [0.25, 0.3) is 0 Å².